The minimum atomic E-state index is -3.07. The van der Waals surface area contributed by atoms with Crippen molar-refractivity contribution in [1.82, 2.24) is 4.98 Å². The average Bonchev–Trinajstić information content (AvgIpc) is 2.85. The molecule has 1 aromatic heterocycles. The zero-order valence-corrected chi connectivity index (χ0v) is 13.8. The Hall–Kier alpha value is -1.60. The van der Waals surface area contributed by atoms with Crippen molar-refractivity contribution in [3.05, 3.63) is 29.3 Å². The highest BCUT2D eigenvalue weighted by atomic mass is 32.2. The van der Waals surface area contributed by atoms with Gasteiger partial charge >= 0.3 is 0 Å². The molecule has 2 aromatic rings. The van der Waals surface area contributed by atoms with Gasteiger partial charge in [-0.2, -0.15) is 0 Å². The van der Waals surface area contributed by atoms with Gasteiger partial charge in [0.1, 0.15) is 5.01 Å². The first kappa shape index (κ1) is 15.8. The normalized spacial score (nSPS) is 11.4. The summed E-state index contributed by atoms with van der Waals surface area (Å²) in [5.41, 5.74) is 1.44. The molecule has 0 saturated carbocycles. The van der Waals surface area contributed by atoms with Gasteiger partial charge in [-0.05, 0) is 25.1 Å². The first-order valence-corrected chi connectivity index (χ1v) is 9.30. The van der Waals surface area contributed by atoms with Crippen molar-refractivity contribution in [1.29, 1.82) is 0 Å². The highest BCUT2D eigenvalue weighted by molar-refractivity contribution is 7.89. The molecule has 0 fully saturated rings. The highest BCUT2D eigenvalue weighted by Gasteiger charge is 2.12. The van der Waals surface area contributed by atoms with Gasteiger partial charge in [-0.3, -0.25) is 0 Å². The molecule has 0 unspecified atom stereocenters. The van der Waals surface area contributed by atoms with Crippen LogP contribution in [0.2, 0.25) is 0 Å². The Balaban J connectivity index is 2.30. The largest absolute Gasteiger partial charge is 0.493 e. The van der Waals surface area contributed by atoms with E-state index in [-0.39, 0.29) is 5.75 Å². The molecule has 0 amide bonds. The predicted octanol–water partition coefficient (Wildman–Crippen LogP) is 2.76. The number of hydrogen-bond acceptors (Lipinski definition) is 6. The Bertz CT molecular complexity index is 722. The summed E-state index contributed by atoms with van der Waals surface area (Å²) in [6.07, 6.45) is 1.20. The first-order valence-electron chi connectivity index (χ1n) is 6.36. The lowest BCUT2D eigenvalue weighted by molar-refractivity contribution is 0.311. The molecule has 1 aromatic carbocycles. The van der Waals surface area contributed by atoms with Crippen LogP contribution in [0.15, 0.2) is 23.6 Å². The average molecular weight is 327 g/mol. The molecular formula is C14H17NO4S2. The smallest absolute Gasteiger partial charge is 0.161 e. The summed E-state index contributed by atoms with van der Waals surface area (Å²) < 4.78 is 33.4. The lowest BCUT2D eigenvalue weighted by Crippen LogP contribution is -2.00. The fraction of sp³-hybridized carbons (Fsp3) is 0.357. The van der Waals surface area contributed by atoms with Crippen LogP contribution in [-0.2, 0) is 15.6 Å². The van der Waals surface area contributed by atoms with E-state index in [2.05, 4.69) is 4.98 Å². The molecule has 5 nitrogen and oxygen atoms in total. The maximum absolute atomic E-state index is 11.3. The number of thiazole rings is 1. The van der Waals surface area contributed by atoms with E-state index in [1.807, 2.05) is 25.1 Å². The number of rotatable bonds is 6. The van der Waals surface area contributed by atoms with E-state index >= 15 is 0 Å². The molecular weight excluding hydrogens is 310 g/mol. The highest BCUT2D eigenvalue weighted by Crippen LogP contribution is 2.33. The number of aromatic nitrogens is 1. The number of methoxy groups -OCH3 is 1. The number of hydrogen-bond donors (Lipinski definition) is 0. The van der Waals surface area contributed by atoms with Crippen molar-refractivity contribution in [3.63, 3.8) is 0 Å². The van der Waals surface area contributed by atoms with E-state index < -0.39 is 9.84 Å². The van der Waals surface area contributed by atoms with Gasteiger partial charge in [-0.25, -0.2) is 13.4 Å². The second-order valence-corrected chi connectivity index (χ2v) is 7.51. The number of ether oxygens (including phenoxy) is 2. The van der Waals surface area contributed by atoms with E-state index in [0.29, 0.717) is 23.8 Å². The minimum Gasteiger partial charge on any atom is -0.493 e. The van der Waals surface area contributed by atoms with E-state index in [1.54, 1.807) is 12.5 Å². The SMILES string of the molecule is CCOc1ccc(-c2nc(CS(C)(=O)=O)cs2)cc1OC. The molecule has 0 radical (unpaired) electrons. The van der Waals surface area contributed by atoms with Crippen molar-refractivity contribution in [2.75, 3.05) is 20.0 Å². The zero-order chi connectivity index (χ0) is 15.5. The van der Waals surface area contributed by atoms with Crippen LogP contribution in [0, 0.1) is 0 Å². The molecule has 0 atom stereocenters. The van der Waals surface area contributed by atoms with Gasteiger partial charge in [0, 0.05) is 17.2 Å². The van der Waals surface area contributed by atoms with Crippen LogP contribution < -0.4 is 9.47 Å². The third kappa shape index (κ3) is 4.18. The van der Waals surface area contributed by atoms with Gasteiger partial charge < -0.3 is 9.47 Å². The maximum Gasteiger partial charge on any atom is 0.161 e. The van der Waals surface area contributed by atoms with Crippen LogP contribution >= 0.6 is 11.3 Å². The molecule has 0 saturated heterocycles. The Morgan fingerprint density at radius 2 is 2.05 bits per heavy atom. The van der Waals surface area contributed by atoms with E-state index in [0.717, 1.165) is 10.6 Å². The van der Waals surface area contributed by atoms with E-state index in [4.69, 9.17) is 9.47 Å². The number of nitrogens with zero attached hydrogens (tertiary/aromatic N) is 1. The summed E-state index contributed by atoms with van der Waals surface area (Å²) in [5, 5.41) is 2.52. The second-order valence-electron chi connectivity index (χ2n) is 4.51. The van der Waals surface area contributed by atoms with Crippen molar-refractivity contribution in [2.45, 2.75) is 12.7 Å². The van der Waals surface area contributed by atoms with Crippen LogP contribution in [-0.4, -0.2) is 33.4 Å². The summed E-state index contributed by atoms with van der Waals surface area (Å²) in [6, 6.07) is 5.56. The van der Waals surface area contributed by atoms with Gasteiger partial charge in [-0.15, -0.1) is 11.3 Å². The van der Waals surface area contributed by atoms with Crippen LogP contribution in [0.4, 0.5) is 0 Å². The fourth-order valence-corrected chi connectivity index (χ4v) is 3.46. The Morgan fingerprint density at radius 3 is 2.67 bits per heavy atom. The van der Waals surface area contributed by atoms with E-state index in [1.165, 1.54) is 17.6 Å². The Kier molecular flexibility index (Phi) is 4.84. The third-order valence-electron chi connectivity index (χ3n) is 2.67. The maximum atomic E-state index is 11.3. The number of benzene rings is 1. The zero-order valence-electron chi connectivity index (χ0n) is 12.1. The molecule has 0 spiro atoms. The van der Waals surface area contributed by atoms with Gasteiger partial charge in [0.05, 0.1) is 25.2 Å². The summed E-state index contributed by atoms with van der Waals surface area (Å²) in [4.78, 5) is 4.36. The predicted molar refractivity (Wildman–Crippen MR) is 83.8 cm³/mol. The van der Waals surface area contributed by atoms with Gasteiger partial charge in [0.15, 0.2) is 21.3 Å². The lowest BCUT2D eigenvalue weighted by atomic mass is 10.2. The number of sulfone groups is 1. The standard InChI is InChI=1S/C14H17NO4S2/c1-4-19-12-6-5-10(7-13(12)18-2)14-15-11(8-20-14)9-21(3,16)17/h5-8H,4,9H2,1-3H3. The molecule has 1 heterocycles. The van der Waals surface area contributed by atoms with Gasteiger partial charge in [-0.1, -0.05) is 0 Å². The van der Waals surface area contributed by atoms with E-state index in [9.17, 15) is 8.42 Å². The molecule has 21 heavy (non-hydrogen) atoms. The summed E-state index contributed by atoms with van der Waals surface area (Å²) in [5.74, 6) is 1.27. The molecule has 0 N–H and O–H groups in total. The quantitative estimate of drug-likeness (QED) is 0.816. The van der Waals surface area contributed by atoms with Crippen LogP contribution in [0.3, 0.4) is 0 Å². The molecule has 114 valence electrons. The molecule has 0 bridgehead atoms. The van der Waals surface area contributed by atoms with Crippen molar-refractivity contribution in [3.8, 4) is 22.1 Å². The fourth-order valence-electron chi connectivity index (χ4n) is 1.85. The molecule has 2 rings (SSSR count). The molecule has 0 aliphatic rings. The molecule has 7 heteroatoms. The summed E-state index contributed by atoms with van der Waals surface area (Å²) >= 11 is 1.41. The van der Waals surface area contributed by atoms with Crippen molar-refractivity contribution in [2.24, 2.45) is 0 Å². The van der Waals surface area contributed by atoms with Crippen molar-refractivity contribution >= 4 is 21.2 Å². The van der Waals surface area contributed by atoms with Gasteiger partial charge in [0.2, 0.25) is 0 Å². The Labute approximate surface area is 128 Å². The molecule has 0 aliphatic carbocycles. The third-order valence-corrected chi connectivity index (χ3v) is 4.43. The van der Waals surface area contributed by atoms with Crippen molar-refractivity contribution < 1.29 is 17.9 Å². The summed E-state index contributed by atoms with van der Waals surface area (Å²) in [7, 11) is -1.49. The van der Waals surface area contributed by atoms with Gasteiger partial charge in [0.25, 0.3) is 0 Å². The lowest BCUT2D eigenvalue weighted by Gasteiger charge is -2.09. The van der Waals surface area contributed by atoms with Crippen LogP contribution in [0.1, 0.15) is 12.6 Å². The molecule has 0 aliphatic heterocycles. The minimum absolute atomic E-state index is 0.0440. The first-order chi connectivity index (χ1) is 9.93. The van der Waals surface area contributed by atoms with Crippen LogP contribution in [0.5, 0.6) is 11.5 Å². The second kappa shape index (κ2) is 6.44. The monoisotopic (exact) mass is 327 g/mol. The summed E-state index contributed by atoms with van der Waals surface area (Å²) in [6.45, 7) is 2.47. The topological polar surface area (TPSA) is 65.5 Å². The van der Waals surface area contributed by atoms with Crippen LogP contribution in [0.25, 0.3) is 10.6 Å². The Morgan fingerprint density at radius 1 is 1.29 bits per heavy atom.